The van der Waals surface area contributed by atoms with Gasteiger partial charge in [0.2, 0.25) is 0 Å². The quantitative estimate of drug-likeness (QED) is 0.871. The molecule has 2 rings (SSSR count). The Balaban J connectivity index is 1.98. The number of nitrogens with zero attached hydrogens (tertiary/aromatic N) is 1. The highest BCUT2D eigenvalue weighted by Gasteiger charge is 2.18. The maximum atomic E-state index is 6.12. The molecule has 16 heavy (non-hydrogen) atoms. The molecule has 1 aliphatic rings. The van der Waals surface area contributed by atoms with E-state index in [0.29, 0.717) is 11.1 Å². The van der Waals surface area contributed by atoms with Crippen LogP contribution in [0.4, 0.5) is 5.82 Å². The van der Waals surface area contributed by atoms with Crippen molar-refractivity contribution >= 4 is 33.3 Å². The average Bonchev–Trinajstić information content (AvgIpc) is 2.25. The second kappa shape index (κ2) is 5.37. The van der Waals surface area contributed by atoms with E-state index >= 15 is 0 Å². The minimum Gasteiger partial charge on any atom is -0.366 e. The standard InChI is InChI=1S/C12H16BrClN2/c1-8-2-4-10(5-3-8)16-12-11(14)6-9(13)7-15-12/h6-8,10H,2-5H2,1H3,(H,15,16). The van der Waals surface area contributed by atoms with E-state index in [-0.39, 0.29) is 0 Å². The topological polar surface area (TPSA) is 24.9 Å². The summed E-state index contributed by atoms with van der Waals surface area (Å²) in [4.78, 5) is 4.30. The van der Waals surface area contributed by atoms with Crippen LogP contribution in [0.5, 0.6) is 0 Å². The van der Waals surface area contributed by atoms with Crippen molar-refractivity contribution in [2.45, 2.75) is 38.6 Å². The summed E-state index contributed by atoms with van der Waals surface area (Å²) >= 11 is 9.48. The number of aromatic nitrogens is 1. The highest BCUT2D eigenvalue weighted by atomic mass is 79.9. The Morgan fingerprint density at radius 2 is 2.06 bits per heavy atom. The molecule has 1 aliphatic carbocycles. The van der Waals surface area contributed by atoms with Gasteiger partial charge in [0.15, 0.2) is 0 Å². The van der Waals surface area contributed by atoms with E-state index in [9.17, 15) is 0 Å². The first-order valence-electron chi connectivity index (χ1n) is 5.72. The van der Waals surface area contributed by atoms with Gasteiger partial charge in [-0.3, -0.25) is 0 Å². The smallest absolute Gasteiger partial charge is 0.145 e. The van der Waals surface area contributed by atoms with Crippen molar-refractivity contribution in [3.63, 3.8) is 0 Å². The molecule has 0 amide bonds. The third-order valence-electron chi connectivity index (χ3n) is 3.16. The molecule has 0 atom stereocenters. The van der Waals surface area contributed by atoms with Crippen LogP contribution in [-0.2, 0) is 0 Å². The molecule has 1 saturated carbocycles. The summed E-state index contributed by atoms with van der Waals surface area (Å²) in [5, 5.41) is 4.12. The van der Waals surface area contributed by atoms with Gasteiger partial charge in [0.05, 0.1) is 5.02 Å². The third kappa shape index (κ3) is 3.11. The van der Waals surface area contributed by atoms with E-state index in [1.54, 1.807) is 6.20 Å². The number of pyridine rings is 1. The largest absolute Gasteiger partial charge is 0.366 e. The van der Waals surface area contributed by atoms with E-state index < -0.39 is 0 Å². The SMILES string of the molecule is CC1CCC(Nc2ncc(Br)cc2Cl)CC1. The van der Waals surface area contributed by atoms with Gasteiger partial charge >= 0.3 is 0 Å². The molecule has 1 heterocycles. The summed E-state index contributed by atoms with van der Waals surface area (Å²) in [6, 6.07) is 2.41. The summed E-state index contributed by atoms with van der Waals surface area (Å²) in [6.45, 7) is 2.32. The van der Waals surface area contributed by atoms with Crippen LogP contribution in [-0.4, -0.2) is 11.0 Å². The van der Waals surface area contributed by atoms with Crippen LogP contribution in [0.1, 0.15) is 32.6 Å². The van der Waals surface area contributed by atoms with Crippen LogP contribution in [0.15, 0.2) is 16.7 Å². The lowest BCUT2D eigenvalue weighted by Crippen LogP contribution is -2.25. The first-order chi connectivity index (χ1) is 7.65. The van der Waals surface area contributed by atoms with Crippen LogP contribution in [0, 0.1) is 5.92 Å². The fourth-order valence-corrected chi connectivity index (χ4v) is 2.80. The Morgan fingerprint density at radius 1 is 1.38 bits per heavy atom. The van der Waals surface area contributed by atoms with Crippen molar-refractivity contribution in [2.75, 3.05) is 5.32 Å². The Morgan fingerprint density at radius 3 is 2.69 bits per heavy atom. The maximum Gasteiger partial charge on any atom is 0.145 e. The molecule has 1 aromatic rings. The summed E-state index contributed by atoms with van der Waals surface area (Å²) in [5.41, 5.74) is 0. The fourth-order valence-electron chi connectivity index (χ4n) is 2.12. The Bertz CT molecular complexity index is 362. The second-order valence-corrected chi connectivity index (χ2v) is 5.91. The van der Waals surface area contributed by atoms with Crippen molar-refractivity contribution in [1.82, 2.24) is 4.98 Å². The zero-order valence-corrected chi connectivity index (χ0v) is 11.7. The molecule has 0 spiro atoms. The van der Waals surface area contributed by atoms with Gasteiger partial charge in [-0.1, -0.05) is 18.5 Å². The highest BCUT2D eigenvalue weighted by Crippen LogP contribution is 2.28. The Kier molecular flexibility index (Phi) is 4.09. The van der Waals surface area contributed by atoms with Crippen LogP contribution in [0.25, 0.3) is 0 Å². The molecule has 4 heteroatoms. The molecular weight excluding hydrogens is 288 g/mol. The minimum atomic E-state index is 0.530. The molecule has 1 fully saturated rings. The van der Waals surface area contributed by atoms with E-state index in [1.165, 1.54) is 25.7 Å². The zero-order chi connectivity index (χ0) is 11.5. The number of nitrogens with one attached hydrogen (secondary N) is 1. The fraction of sp³-hybridized carbons (Fsp3) is 0.583. The van der Waals surface area contributed by atoms with Crippen molar-refractivity contribution < 1.29 is 0 Å². The average molecular weight is 304 g/mol. The zero-order valence-electron chi connectivity index (χ0n) is 9.34. The Labute approximate surface area is 110 Å². The molecule has 0 radical (unpaired) electrons. The molecule has 0 bridgehead atoms. The van der Waals surface area contributed by atoms with Gasteiger partial charge in [0, 0.05) is 16.7 Å². The van der Waals surface area contributed by atoms with Gasteiger partial charge in [0.1, 0.15) is 5.82 Å². The van der Waals surface area contributed by atoms with Gasteiger partial charge in [-0.05, 0) is 53.6 Å². The van der Waals surface area contributed by atoms with Crippen molar-refractivity contribution in [1.29, 1.82) is 0 Å². The number of halogens is 2. The molecule has 1 N–H and O–H groups in total. The van der Waals surface area contributed by atoms with Crippen LogP contribution in [0.2, 0.25) is 5.02 Å². The van der Waals surface area contributed by atoms with Gasteiger partial charge < -0.3 is 5.32 Å². The summed E-state index contributed by atoms with van der Waals surface area (Å²) in [5.74, 6) is 1.68. The number of rotatable bonds is 2. The number of hydrogen-bond donors (Lipinski definition) is 1. The number of anilines is 1. The molecule has 88 valence electrons. The third-order valence-corrected chi connectivity index (χ3v) is 3.89. The van der Waals surface area contributed by atoms with Crippen molar-refractivity contribution in [3.05, 3.63) is 21.8 Å². The predicted octanol–water partition coefficient (Wildman–Crippen LogP) is 4.49. The molecule has 0 aliphatic heterocycles. The predicted molar refractivity (Wildman–Crippen MR) is 72.0 cm³/mol. The van der Waals surface area contributed by atoms with Crippen molar-refractivity contribution in [3.8, 4) is 0 Å². The first kappa shape index (κ1) is 12.2. The van der Waals surface area contributed by atoms with E-state index in [2.05, 4.69) is 33.2 Å². The first-order valence-corrected chi connectivity index (χ1v) is 6.90. The molecule has 2 nitrogen and oxygen atoms in total. The lowest BCUT2D eigenvalue weighted by molar-refractivity contribution is 0.361. The highest BCUT2D eigenvalue weighted by molar-refractivity contribution is 9.10. The van der Waals surface area contributed by atoms with Crippen molar-refractivity contribution in [2.24, 2.45) is 5.92 Å². The van der Waals surface area contributed by atoms with Gasteiger partial charge in [0.25, 0.3) is 0 Å². The molecular formula is C12H16BrClN2. The Hall–Kier alpha value is -0.280. The van der Waals surface area contributed by atoms with Crippen LogP contribution >= 0.6 is 27.5 Å². The van der Waals surface area contributed by atoms with Crippen LogP contribution < -0.4 is 5.32 Å². The normalized spacial score (nSPS) is 25.4. The van der Waals surface area contributed by atoms with E-state index in [0.717, 1.165) is 16.2 Å². The lowest BCUT2D eigenvalue weighted by Gasteiger charge is -2.27. The molecule has 0 aromatic carbocycles. The monoisotopic (exact) mass is 302 g/mol. The molecule has 0 saturated heterocycles. The molecule has 1 aromatic heterocycles. The van der Waals surface area contributed by atoms with Crippen LogP contribution in [0.3, 0.4) is 0 Å². The van der Waals surface area contributed by atoms with Gasteiger partial charge in [-0.25, -0.2) is 4.98 Å². The summed E-state index contributed by atoms with van der Waals surface area (Å²) < 4.78 is 0.917. The molecule has 0 unspecified atom stereocenters. The second-order valence-electron chi connectivity index (χ2n) is 4.59. The summed E-state index contributed by atoms with van der Waals surface area (Å²) in [7, 11) is 0. The van der Waals surface area contributed by atoms with Gasteiger partial charge in [-0.2, -0.15) is 0 Å². The van der Waals surface area contributed by atoms with E-state index in [1.807, 2.05) is 6.07 Å². The van der Waals surface area contributed by atoms with E-state index in [4.69, 9.17) is 11.6 Å². The summed E-state index contributed by atoms with van der Waals surface area (Å²) in [6.07, 6.45) is 6.81. The van der Waals surface area contributed by atoms with Gasteiger partial charge in [-0.15, -0.1) is 0 Å². The maximum absolute atomic E-state index is 6.12. The minimum absolute atomic E-state index is 0.530. The lowest BCUT2D eigenvalue weighted by atomic mass is 9.87. The number of hydrogen-bond acceptors (Lipinski definition) is 2.